The summed E-state index contributed by atoms with van der Waals surface area (Å²) in [5, 5.41) is 0. The number of nitrogens with zero attached hydrogens (tertiary/aromatic N) is 2. The summed E-state index contributed by atoms with van der Waals surface area (Å²) in [6.07, 6.45) is 0. The number of anilines is 2. The van der Waals surface area contributed by atoms with Gasteiger partial charge in [-0.3, -0.25) is 9.52 Å². The fraction of sp³-hybridized carbons (Fsp3) is 0.0800. The van der Waals surface area contributed by atoms with Crippen LogP contribution < -0.4 is 9.44 Å². The standard InChI is InChI=1S/C25H20N4O5S2/c1-15-13-16(2)27-25(26-15)29-35(31,32)18-9-7-17(8-10-18)28-36(33,34)19-11-12-21-20-5-3-4-6-22(20)24(30)23(21)14-19/h3-14,28H,1-2H3,(H,26,27,29). The lowest BCUT2D eigenvalue weighted by atomic mass is 10.1. The van der Waals surface area contributed by atoms with Crippen molar-refractivity contribution >= 4 is 37.5 Å². The third-order valence-electron chi connectivity index (χ3n) is 5.63. The van der Waals surface area contributed by atoms with E-state index in [4.69, 9.17) is 0 Å². The molecule has 0 aliphatic heterocycles. The molecule has 0 amide bonds. The quantitative estimate of drug-likeness (QED) is 0.347. The van der Waals surface area contributed by atoms with Gasteiger partial charge in [-0.2, -0.15) is 0 Å². The van der Waals surface area contributed by atoms with E-state index >= 15 is 0 Å². The Labute approximate surface area is 208 Å². The highest BCUT2D eigenvalue weighted by molar-refractivity contribution is 7.93. The molecule has 0 saturated heterocycles. The van der Waals surface area contributed by atoms with Crippen LogP contribution in [0.15, 0.2) is 82.6 Å². The zero-order chi connectivity index (χ0) is 25.7. The molecular formula is C25H20N4O5S2. The first kappa shape index (κ1) is 23.6. The van der Waals surface area contributed by atoms with Crippen molar-refractivity contribution in [1.82, 2.24) is 9.97 Å². The number of ketones is 1. The minimum atomic E-state index is -4.04. The predicted molar refractivity (Wildman–Crippen MR) is 135 cm³/mol. The molecule has 0 spiro atoms. The Hall–Kier alpha value is -4.09. The fourth-order valence-electron chi connectivity index (χ4n) is 4.04. The molecule has 0 bridgehead atoms. The topological polar surface area (TPSA) is 135 Å². The fourth-order valence-corrected chi connectivity index (χ4v) is 6.07. The number of carbonyl (C=O) groups is 1. The van der Waals surface area contributed by atoms with Crippen LogP contribution in [0.1, 0.15) is 27.3 Å². The number of hydrogen-bond donors (Lipinski definition) is 2. The van der Waals surface area contributed by atoms with Crippen LogP contribution in [0.3, 0.4) is 0 Å². The maximum Gasteiger partial charge on any atom is 0.264 e. The minimum Gasteiger partial charge on any atom is -0.289 e. The molecule has 9 nitrogen and oxygen atoms in total. The van der Waals surface area contributed by atoms with Gasteiger partial charge < -0.3 is 0 Å². The molecule has 0 unspecified atom stereocenters. The molecule has 1 heterocycles. The number of carbonyl (C=O) groups excluding carboxylic acids is 1. The average Bonchev–Trinajstić information content (AvgIpc) is 3.10. The summed E-state index contributed by atoms with van der Waals surface area (Å²) < 4.78 is 56.2. The van der Waals surface area contributed by atoms with E-state index in [0.29, 0.717) is 28.1 Å². The van der Waals surface area contributed by atoms with Gasteiger partial charge in [-0.25, -0.2) is 31.5 Å². The SMILES string of the molecule is Cc1cc(C)nc(NS(=O)(=O)c2ccc(NS(=O)(=O)c3ccc4c(c3)C(=O)c3ccccc3-4)cc2)n1. The van der Waals surface area contributed by atoms with E-state index in [1.54, 1.807) is 38.1 Å². The van der Waals surface area contributed by atoms with E-state index in [2.05, 4.69) is 19.4 Å². The zero-order valence-corrected chi connectivity index (χ0v) is 20.8. The van der Waals surface area contributed by atoms with Crippen LogP contribution in [-0.2, 0) is 20.0 Å². The molecule has 11 heteroatoms. The van der Waals surface area contributed by atoms with Crippen molar-refractivity contribution in [2.75, 3.05) is 9.44 Å². The van der Waals surface area contributed by atoms with Crippen molar-refractivity contribution in [3.8, 4) is 11.1 Å². The molecule has 4 aromatic rings. The van der Waals surface area contributed by atoms with E-state index in [1.807, 2.05) is 12.1 Å². The van der Waals surface area contributed by atoms with Gasteiger partial charge in [0.1, 0.15) is 0 Å². The smallest absolute Gasteiger partial charge is 0.264 e. The van der Waals surface area contributed by atoms with Gasteiger partial charge >= 0.3 is 0 Å². The van der Waals surface area contributed by atoms with E-state index in [-0.39, 0.29) is 27.2 Å². The molecule has 1 aliphatic carbocycles. The van der Waals surface area contributed by atoms with Crippen LogP contribution in [0.4, 0.5) is 11.6 Å². The normalized spacial score (nSPS) is 12.7. The Morgan fingerprint density at radius 2 is 1.17 bits per heavy atom. The average molecular weight is 521 g/mol. The van der Waals surface area contributed by atoms with Gasteiger partial charge in [0.15, 0.2) is 5.78 Å². The molecule has 36 heavy (non-hydrogen) atoms. The number of aromatic nitrogens is 2. The first-order chi connectivity index (χ1) is 17.0. The van der Waals surface area contributed by atoms with Crippen molar-refractivity contribution in [2.24, 2.45) is 0 Å². The van der Waals surface area contributed by atoms with Gasteiger partial charge in [-0.15, -0.1) is 0 Å². The molecule has 5 rings (SSSR count). The Bertz CT molecular complexity index is 1730. The molecular weight excluding hydrogens is 500 g/mol. The van der Waals surface area contributed by atoms with E-state index in [1.165, 1.54) is 36.4 Å². The first-order valence-corrected chi connectivity index (χ1v) is 13.8. The van der Waals surface area contributed by atoms with Crippen LogP contribution in [0.25, 0.3) is 11.1 Å². The molecule has 3 aromatic carbocycles. The number of sulfonamides is 2. The van der Waals surface area contributed by atoms with Crippen LogP contribution >= 0.6 is 0 Å². The highest BCUT2D eigenvalue weighted by Gasteiger charge is 2.28. The molecule has 0 saturated carbocycles. The van der Waals surface area contributed by atoms with Gasteiger partial charge in [0, 0.05) is 28.2 Å². The van der Waals surface area contributed by atoms with Gasteiger partial charge in [0.05, 0.1) is 9.79 Å². The van der Waals surface area contributed by atoms with Crippen LogP contribution in [0, 0.1) is 13.8 Å². The molecule has 1 aliphatic rings. The van der Waals surface area contributed by atoms with Crippen molar-refractivity contribution < 1.29 is 21.6 Å². The number of hydrogen-bond acceptors (Lipinski definition) is 7. The Kier molecular flexibility index (Phi) is 5.61. The van der Waals surface area contributed by atoms with Crippen LogP contribution in [-0.4, -0.2) is 32.6 Å². The molecule has 0 atom stereocenters. The van der Waals surface area contributed by atoms with Gasteiger partial charge in [-0.05, 0) is 67.4 Å². The monoisotopic (exact) mass is 520 g/mol. The summed E-state index contributed by atoms with van der Waals surface area (Å²) in [6, 6.07) is 18.4. The highest BCUT2D eigenvalue weighted by atomic mass is 32.2. The summed E-state index contributed by atoms with van der Waals surface area (Å²) in [7, 11) is -8.03. The number of fused-ring (bicyclic) bond motifs is 3. The van der Waals surface area contributed by atoms with Gasteiger partial charge in [0.2, 0.25) is 5.95 Å². The second-order valence-electron chi connectivity index (χ2n) is 8.29. The largest absolute Gasteiger partial charge is 0.289 e. The molecule has 1 aromatic heterocycles. The highest BCUT2D eigenvalue weighted by Crippen LogP contribution is 2.37. The molecule has 0 fully saturated rings. The predicted octanol–water partition coefficient (Wildman–Crippen LogP) is 3.91. The van der Waals surface area contributed by atoms with Crippen molar-refractivity contribution in [2.45, 2.75) is 23.6 Å². The Morgan fingerprint density at radius 1 is 0.611 bits per heavy atom. The van der Waals surface area contributed by atoms with Crippen molar-refractivity contribution in [3.05, 3.63) is 95.3 Å². The lowest BCUT2D eigenvalue weighted by Crippen LogP contribution is -2.16. The molecule has 0 radical (unpaired) electrons. The van der Waals surface area contributed by atoms with Crippen molar-refractivity contribution in [3.63, 3.8) is 0 Å². The maximum absolute atomic E-state index is 13.0. The third kappa shape index (κ3) is 4.34. The zero-order valence-electron chi connectivity index (χ0n) is 19.2. The minimum absolute atomic E-state index is 0.0504. The second-order valence-corrected chi connectivity index (χ2v) is 11.7. The molecule has 2 N–H and O–H groups in total. The lowest BCUT2D eigenvalue weighted by molar-refractivity contribution is 0.104. The Morgan fingerprint density at radius 3 is 1.83 bits per heavy atom. The van der Waals surface area contributed by atoms with Crippen LogP contribution in [0.2, 0.25) is 0 Å². The maximum atomic E-state index is 13.0. The third-order valence-corrected chi connectivity index (χ3v) is 8.36. The second kappa shape index (κ2) is 8.54. The van der Waals surface area contributed by atoms with Gasteiger partial charge in [0.25, 0.3) is 20.0 Å². The van der Waals surface area contributed by atoms with Gasteiger partial charge in [-0.1, -0.05) is 30.3 Å². The molecule has 182 valence electrons. The van der Waals surface area contributed by atoms with Crippen LogP contribution in [0.5, 0.6) is 0 Å². The summed E-state index contributed by atoms with van der Waals surface area (Å²) in [5.41, 5.74) is 3.69. The first-order valence-electron chi connectivity index (χ1n) is 10.8. The lowest BCUT2D eigenvalue weighted by Gasteiger charge is -2.11. The summed E-state index contributed by atoms with van der Waals surface area (Å²) in [4.78, 5) is 20.7. The number of rotatable bonds is 6. The number of benzene rings is 3. The summed E-state index contributed by atoms with van der Waals surface area (Å²) in [5.74, 6) is -0.280. The Balaban J connectivity index is 1.36. The summed E-state index contributed by atoms with van der Waals surface area (Å²) in [6.45, 7) is 3.45. The summed E-state index contributed by atoms with van der Waals surface area (Å²) >= 11 is 0. The number of nitrogens with one attached hydrogen (secondary N) is 2. The van der Waals surface area contributed by atoms with E-state index < -0.39 is 20.0 Å². The van der Waals surface area contributed by atoms with E-state index in [9.17, 15) is 21.6 Å². The number of aryl methyl sites for hydroxylation is 2. The van der Waals surface area contributed by atoms with Crippen molar-refractivity contribution in [1.29, 1.82) is 0 Å². The van der Waals surface area contributed by atoms with E-state index in [0.717, 1.165) is 5.56 Å².